The van der Waals surface area contributed by atoms with Crippen molar-refractivity contribution in [1.82, 2.24) is 0 Å². The zero-order valence-electron chi connectivity index (χ0n) is 7.81. The number of halogens is 1. The maximum absolute atomic E-state index is 12.9. The van der Waals surface area contributed by atoms with Crippen LogP contribution < -0.4 is 0 Å². The van der Waals surface area contributed by atoms with Crippen LogP contribution in [0.25, 0.3) is 0 Å². The van der Waals surface area contributed by atoms with E-state index in [-0.39, 0.29) is 23.6 Å². The molecule has 1 nitrogen and oxygen atoms in total. The summed E-state index contributed by atoms with van der Waals surface area (Å²) in [5.74, 6) is 0.419. The third-order valence-electron chi connectivity index (χ3n) is 4.74. The molecule has 0 aromatic rings. The number of aliphatic hydroxyl groups is 1. The Morgan fingerprint density at radius 2 is 2.17 bits per heavy atom. The van der Waals surface area contributed by atoms with Crippen molar-refractivity contribution < 1.29 is 9.50 Å². The van der Waals surface area contributed by atoms with Gasteiger partial charge in [0.25, 0.3) is 0 Å². The molecule has 12 heavy (non-hydrogen) atoms. The molecule has 2 heteroatoms. The molecule has 4 atom stereocenters. The van der Waals surface area contributed by atoms with Crippen molar-refractivity contribution >= 4 is 0 Å². The molecule has 0 spiro atoms. The fourth-order valence-electron chi connectivity index (χ4n) is 3.26. The molecule has 2 saturated carbocycles. The predicted molar refractivity (Wildman–Crippen MR) is 45.5 cm³/mol. The van der Waals surface area contributed by atoms with E-state index in [1.165, 1.54) is 0 Å². The Balaban J connectivity index is 2.38. The van der Waals surface area contributed by atoms with Crippen LogP contribution >= 0.6 is 0 Å². The number of alkyl halides is 1. The maximum Gasteiger partial charge on any atom is 0.0956 e. The molecular weight excluding hydrogens is 155 g/mol. The molecule has 0 aromatic carbocycles. The van der Waals surface area contributed by atoms with E-state index < -0.39 is 0 Å². The Kier molecular flexibility index (Phi) is 1.57. The average molecular weight is 172 g/mol. The number of hydrogen-bond donors (Lipinski definition) is 1. The molecular formula is C10H17FO. The van der Waals surface area contributed by atoms with Gasteiger partial charge in [-0.15, -0.1) is 0 Å². The van der Waals surface area contributed by atoms with Crippen LogP contribution in [0.5, 0.6) is 0 Å². The summed E-state index contributed by atoms with van der Waals surface area (Å²) >= 11 is 0. The first-order valence-corrected chi connectivity index (χ1v) is 4.78. The van der Waals surface area contributed by atoms with Gasteiger partial charge in [0.15, 0.2) is 0 Å². The van der Waals surface area contributed by atoms with Gasteiger partial charge in [-0.25, -0.2) is 0 Å². The van der Waals surface area contributed by atoms with Gasteiger partial charge in [0.05, 0.1) is 12.8 Å². The molecule has 2 bridgehead atoms. The van der Waals surface area contributed by atoms with Gasteiger partial charge < -0.3 is 5.11 Å². The van der Waals surface area contributed by atoms with Gasteiger partial charge in [-0.05, 0) is 25.2 Å². The van der Waals surface area contributed by atoms with Gasteiger partial charge in [-0.3, -0.25) is 4.39 Å². The second-order valence-electron chi connectivity index (χ2n) is 4.96. The number of hydrogen-bond acceptors (Lipinski definition) is 1. The highest BCUT2D eigenvalue weighted by Gasteiger charge is 2.63. The molecule has 0 aromatic heterocycles. The van der Waals surface area contributed by atoms with Gasteiger partial charge in [0.2, 0.25) is 0 Å². The first-order valence-electron chi connectivity index (χ1n) is 4.78. The highest BCUT2D eigenvalue weighted by molar-refractivity contribution is 5.12. The Bertz CT molecular complexity index is 204. The lowest BCUT2D eigenvalue weighted by Crippen LogP contribution is -2.38. The van der Waals surface area contributed by atoms with Crippen LogP contribution in [0.2, 0.25) is 0 Å². The number of rotatable bonds is 1. The zero-order chi connectivity index (χ0) is 8.98. The lowest BCUT2D eigenvalue weighted by Gasteiger charge is -2.37. The van der Waals surface area contributed by atoms with E-state index in [1.807, 2.05) is 13.8 Å². The lowest BCUT2D eigenvalue weighted by molar-refractivity contribution is -0.00522. The first-order chi connectivity index (χ1) is 5.54. The van der Waals surface area contributed by atoms with Crippen LogP contribution in [-0.4, -0.2) is 17.9 Å². The molecule has 70 valence electrons. The molecule has 0 heterocycles. The smallest absolute Gasteiger partial charge is 0.0956 e. The van der Waals surface area contributed by atoms with Gasteiger partial charge in [0.1, 0.15) is 0 Å². The Labute approximate surface area is 73.0 Å². The van der Waals surface area contributed by atoms with Crippen molar-refractivity contribution in [3.63, 3.8) is 0 Å². The van der Waals surface area contributed by atoms with E-state index in [4.69, 9.17) is 0 Å². The third-order valence-corrected chi connectivity index (χ3v) is 4.74. The summed E-state index contributed by atoms with van der Waals surface area (Å²) in [6.45, 7) is 3.77. The second kappa shape index (κ2) is 2.22. The minimum Gasteiger partial charge on any atom is -0.393 e. The summed E-state index contributed by atoms with van der Waals surface area (Å²) in [6, 6.07) is 0. The van der Waals surface area contributed by atoms with Gasteiger partial charge in [0, 0.05) is 10.8 Å². The van der Waals surface area contributed by atoms with E-state index in [9.17, 15) is 9.50 Å². The standard InChI is InChI=1S/C10H17FO/c1-9-4-3-7(5-8(9)12)10(9,2)6-11/h7-8,12H,3-6H2,1-2H3/t7-,8+,9+,10+/m0/s1. The van der Waals surface area contributed by atoms with Crippen LogP contribution in [-0.2, 0) is 0 Å². The Morgan fingerprint density at radius 3 is 2.42 bits per heavy atom. The van der Waals surface area contributed by atoms with E-state index in [1.54, 1.807) is 0 Å². The molecule has 2 fully saturated rings. The van der Waals surface area contributed by atoms with E-state index in [0.717, 1.165) is 19.3 Å². The van der Waals surface area contributed by atoms with Crippen molar-refractivity contribution in [2.24, 2.45) is 16.7 Å². The Morgan fingerprint density at radius 1 is 1.50 bits per heavy atom. The summed E-state index contributed by atoms with van der Waals surface area (Å²) < 4.78 is 12.9. The van der Waals surface area contributed by atoms with Gasteiger partial charge >= 0.3 is 0 Å². The average Bonchev–Trinajstić information content (AvgIpc) is 2.39. The highest BCUT2D eigenvalue weighted by atomic mass is 19.1. The summed E-state index contributed by atoms with van der Waals surface area (Å²) in [4.78, 5) is 0. The maximum atomic E-state index is 12.9. The predicted octanol–water partition coefficient (Wildman–Crippen LogP) is 2.14. The van der Waals surface area contributed by atoms with Crippen LogP contribution in [0.4, 0.5) is 4.39 Å². The monoisotopic (exact) mass is 172 g/mol. The second-order valence-corrected chi connectivity index (χ2v) is 4.96. The van der Waals surface area contributed by atoms with E-state index in [0.29, 0.717) is 5.92 Å². The summed E-state index contributed by atoms with van der Waals surface area (Å²) in [5.41, 5.74) is -0.390. The third kappa shape index (κ3) is 0.681. The van der Waals surface area contributed by atoms with Crippen LogP contribution in [0.1, 0.15) is 33.1 Å². The number of aliphatic hydroxyl groups excluding tert-OH is 1. The molecule has 0 radical (unpaired) electrons. The van der Waals surface area contributed by atoms with E-state index >= 15 is 0 Å². The molecule has 0 unspecified atom stereocenters. The van der Waals surface area contributed by atoms with Gasteiger partial charge in [-0.2, -0.15) is 0 Å². The molecule has 0 saturated heterocycles. The van der Waals surface area contributed by atoms with Crippen molar-refractivity contribution in [3.8, 4) is 0 Å². The van der Waals surface area contributed by atoms with Crippen molar-refractivity contribution in [1.29, 1.82) is 0 Å². The van der Waals surface area contributed by atoms with E-state index in [2.05, 4.69) is 0 Å². The molecule has 1 N–H and O–H groups in total. The SMILES string of the molecule is C[C@@]1(CF)[C@H]2CC[C@]1(C)[C@H](O)C2. The summed E-state index contributed by atoms with van der Waals surface area (Å²) in [7, 11) is 0. The topological polar surface area (TPSA) is 20.2 Å². The van der Waals surface area contributed by atoms with Crippen LogP contribution in [0.3, 0.4) is 0 Å². The van der Waals surface area contributed by atoms with Crippen molar-refractivity contribution in [3.05, 3.63) is 0 Å². The fraction of sp³-hybridized carbons (Fsp3) is 1.00. The summed E-state index contributed by atoms with van der Waals surface area (Å²) in [6.07, 6.45) is 2.65. The minimum atomic E-state index is -0.273. The van der Waals surface area contributed by atoms with Crippen molar-refractivity contribution in [2.45, 2.75) is 39.2 Å². The molecule has 0 aliphatic heterocycles. The van der Waals surface area contributed by atoms with Crippen LogP contribution in [0, 0.1) is 16.7 Å². The molecule has 2 aliphatic carbocycles. The first kappa shape index (κ1) is 8.49. The largest absolute Gasteiger partial charge is 0.393 e. The normalized spacial score (nSPS) is 58.0. The van der Waals surface area contributed by atoms with Crippen LogP contribution in [0.15, 0.2) is 0 Å². The fourth-order valence-corrected chi connectivity index (χ4v) is 3.26. The highest BCUT2D eigenvalue weighted by Crippen LogP contribution is 2.65. The summed E-state index contributed by atoms with van der Waals surface area (Å²) in [5, 5.41) is 9.78. The van der Waals surface area contributed by atoms with Crippen molar-refractivity contribution in [2.75, 3.05) is 6.67 Å². The zero-order valence-corrected chi connectivity index (χ0v) is 7.81. The molecule has 2 aliphatic rings. The molecule has 2 rings (SSSR count). The minimum absolute atomic E-state index is 0.146. The Hall–Kier alpha value is -0.110. The van der Waals surface area contributed by atoms with Gasteiger partial charge in [-0.1, -0.05) is 13.8 Å². The number of fused-ring (bicyclic) bond motifs is 2. The molecule has 0 amide bonds. The quantitative estimate of drug-likeness (QED) is 0.642. The lowest BCUT2D eigenvalue weighted by atomic mass is 9.69.